The van der Waals surface area contributed by atoms with Crippen molar-refractivity contribution in [1.82, 2.24) is 0 Å². The molecule has 1 atom stereocenters. The predicted octanol–water partition coefficient (Wildman–Crippen LogP) is 3.14. The molecule has 0 spiro atoms. The molecule has 0 saturated heterocycles. The van der Waals surface area contributed by atoms with Crippen molar-refractivity contribution in [2.24, 2.45) is 21.5 Å². The molecule has 0 amide bonds. The average molecular weight is 168 g/mol. The van der Waals surface area contributed by atoms with E-state index in [1.807, 2.05) is 26.3 Å². The van der Waals surface area contributed by atoms with Crippen molar-refractivity contribution in [3.05, 3.63) is 0 Å². The van der Waals surface area contributed by atoms with Crippen molar-refractivity contribution in [3.63, 3.8) is 0 Å². The summed E-state index contributed by atoms with van der Waals surface area (Å²) in [5.41, 5.74) is 0.238. The quantitative estimate of drug-likeness (QED) is 0.574. The van der Waals surface area contributed by atoms with Crippen LogP contribution in [-0.2, 0) is 0 Å². The molecule has 0 bridgehead atoms. The molecule has 70 valence electrons. The van der Waals surface area contributed by atoms with Crippen LogP contribution >= 0.6 is 0 Å². The minimum Gasteiger partial charge on any atom is -0.164 e. The van der Waals surface area contributed by atoms with E-state index in [1.165, 1.54) is 0 Å². The second-order valence-corrected chi connectivity index (χ2v) is 3.41. The third-order valence-electron chi connectivity index (χ3n) is 2.35. The zero-order valence-electron chi connectivity index (χ0n) is 8.83. The van der Waals surface area contributed by atoms with Gasteiger partial charge >= 0.3 is 0 Å². The van der Waals surface area contributed by atoms with Crippen LogP contribution < -0.4 is 0 Å². The Morgan fingerprint density at radius 2 is 1.83 bits per heavy atom. The van der Waals surface area contributed by atoms with Gasteiger partial charge < -0.3 is 0 Å². The van der Waals surface area contributed by atoms with E-state index in [2.05, 4.69) is 31.0 Å². The van der Waals surface area contributed by atoms with E-state index in [-0.39, 0.29) is 5.41 Å². The lowest BCUT2D eigenvalue weighted by molar-refractivity contribution is 0.349. The molecule has 1 aliphatic rings. The van der Waals surface area contributed by atoms with Gasteiger partial charge in [-0.1, -0.05) is 34.6 Å². The second-order valence-electron chi connectivity index (χ2n) is 3.41. The minimum atomic E-state index is 0.238. The minimum absolute atomic E-state index is 0.238. The largest absolute Gasteiger partial charge is 0.164 e. The molecule has 0 radical (unpaired) electrons. The van der Waals surface area contributed by atoms with Gasteiger partial charge in [0, 0.05) is 17.8 Å². The number of hydrogen-bond acceptors (Lipinski definition) is 2. The molecule has 0 fully saturated rings. The normalized spacial score (nSPS) is 26.8. The van der Waals surface area contributed by atoms with E-state index in [0.717, 1.165) is 6.42 Å². The SMILES string of the molecule is CC.CC(C)C1(C)C=NN=CC1. The highest BCUT2D eigenvalue weighted by Crippen LogP contribution is 2.29. The Balaban J connectivity index is 0.000000561. The Hall–Kier alpha value is -0.660. The summed E-state index contributed by atoms with van der Waals surface area (Å²) in [5, 5.41) is 7.70. The van der Waals surface area contributed by atoms with Crippen LogP contribution in [0.15, 0.2) is 10.2 Å². The van der Waals surface area contributed by atoms with Gasteiger partial charge in [-0.3, -0.25) is 0 Å². The molecule has 0 aliphatic carbocycles. The highest BCUT2D eigenvalue weighted by atomic mass is 15.2. The zero-order valence-corrected chi connectivity index (χ0v) is 8.83. The van der Waals surface area contributed by atoms with Crippen LogP contribution in [0.2, 0.25) is 0 Å². The fourth-order valence-electron chi connectivity index (χ4n) is 0.887. The summed E-state index contributed by atoms with van der Waals surface area (Å²) < 4.78 is 0. The summed E-state index contributed by atoms with van der Waals surface area (Å²) in [6.45, 7) is 10.6. The summed E-state index contributed by atoms with van der Waals surface area (Å²) in [6, 6.07) is 0. The van der Waals surface area contributed by atoms with Crippen molar-refractivity contribution >= 4 is 12.4 Å². The Morgan fingerprint density at radius 3 is 2.08 bits per heavy atom. The summed E-state index contributed by atoms with van der Waals surface area (Å²) >= 11 is 0. The van der Waals surface area contributed by atoms with E-state index in [4.69, 9.17) is 0 Å². The van der Waals surface area contributed by atoms with Crippen LogP contribution in [-0.4, -0.2) is 12.4 Å². The molecule has 12 heavy (non-hydrogen) atoms. The highest BCUT2D eigenvalue weighted by molar-refractivity contribution is 5.75. The van der Waals surface area contributed by atoms with Gasteiger partial charge in [0.25, 0.3) is 0 Å². The molecule has 0 aromatic heterocycles. The molecule has 1 unspecified atom stereocenters. The molecule has 0 aromatic carbocycles. The first-order valence-electron chi connectivity index (χ1n) is 4.71. The smallest absolute Gasteiger partial charge is 0.0335 e. The van der Waals surface area contributed by atoms with Gasteiger partial charge in [-0.05, 0) is 12.3 Å². The topological polar surface area (TPSA) is 24.7 Å². The molecule has 2 heteroatoms. The van der Waals surface area contributed by atoms with Gasteiger partial charge in [0.1, 0.15) is 0 Å². The Morgan fingerprint density at radius 1 is 1.25 bits per heavy atom. The van der Waals surface area contributed by atoms with Gasteiger partial charge in [0.2, 0.25) is 0 Å². The van der Waals surface area contributed by atoms with Crippen LogP contribution in [0.5, 0.6) is 0 Å². The number of rotatable bonds is 1. The summed E-state index contributed by atoms with van der Waals surface area (Å²) in [7, 11) is 0. The molecule has 1 rings (SSSR count). The maximum absolute atomic E-state index is 3.90. The predicted molar refractivity (Wildman–Crippen MR) is 55.9 cm³/mol. The van der Waals surface area contributed by atoms with Crippen LogP contribution in [0.4, 0.5) is 0 Å². The molecule has 1 aliphatic heterocycles. The van der Waals surface area contributed by atoms with Crippen LogP contribution in [0.3, 0.4) is 0 Å². The molecular formula is C10H20N2. The first-order valence-corrected chi connectivity index (χ1v) is 4.71. The number of nitrogens with zero attached hydrogens (tertiary/aromatic N) is 2. The Kier molecular flexibility index (Phi) is 4.79. The van der Waals surface area contributed by atoms with E-state index < -0.39 is 0 Å². The number of hydrogen-bond donors (Lipinski definition) is 0. The molecule has 0 saturated carbocycles. The fraction of sp³-hybridized carbons (Fsp3) is 0.800. The maximum atomic E-state index is 3.90. The maximum Gasteiger partial charge on any atom is 0.0335 e. The molecule has 2 nitrogen and oxygen atoms in total. The third kappa shape index (κ3) is 2.76. The third-order valence-corrected chi connectivity index (χ3v) is 2.35. The van der Waals surface area contributed by atoms with Crippen molar-refractivity contribution < 1.29 is 0 Å². The fourth-order valence-corrected chi connectivity index (χ4v) is 0.887. The van der Waals surface area contributed by atoms with Crippen LogP contribution in [0.25, 0.3) is 0 Å². The van der Waals surface area contributed by atoms with Gasteiger partial charge in [0.15, 0.2) is 0 Å². The van der Waals surface area contributed by atoms with Gasteiger partial charge in [-0.15, -0.1) is 0 Å². The summed E-state index contributed by atoms with van der Waals surface area (Å²) in [6.07, 6.45) is 4.87. The van der Waals surface area contributed by atoms with E-state index >= 15 is 0 Å². The van der Waals surface area contributed by atoms with Crippen molar-refractivity contribution in [2.45, 2.75) is 41.0 Å². The first kappa shape index (κ1) is 11.3. The molecule has 1 heterocycles. The van der Waals surface area contributed by atoms with Crippen molar-refractivity contribution in [2.75, 3.05) is 0 Å². The zero-order chi connectivity index (χ0) is 9.61. The van der Waals surface area contributed by atoms with Gasteiger partial charge in [0.05, 0.1) is 0 Å². The molecule has 0 N–H and O–H groups in total. The average Bonchev–Trinajstić information content (AvgIpc) is 2.09. The molecule has 0 aromatic rings. The monoisotopic (exact) mass is 168 g/mol. The first-order chi connectivity index (χ1) is 5.65. The summed E-state index contributed by atoms with van der Waals surface area (Å²) in [5.74, 6) is 0.642. The lowest BCUT2D eigenvalue weighted by Crippen LogP contribution is -2.27. The Labute approximate surface area is 75.8 Å². The second kappa shape index (κ2) is 5.07. The summed E-state index contributed by atoms with van der Waals surface area (Å²) in [4.78, 5) is 0. The van der Waals surface area contributed by atoms with E-state index in [9.17, 15) is 0 Å². The van der Waals surface area contributed by atoms with Crippen molar-refractivity contribution in [3.8, 4) is 0 Å². The van der Waals surface area contributed by atoms with Crippen molar-refractivity contribution in [1.29, 1.82) is 0 Å². The van der Waals surface area contributed by atoms with Gasteiger partial charge in [-0.25, -0.2) is 0 Å². The Bertz CT molecular complexity index is 171. The van der Waals surface area contributed by atoms with Crippen LogP contribution in [0.1, 0.15) is 41.0 Å². The standard InChI is InChI=1S/C8H14N2.C2H6/c1-7(2)8(3)4-5-9-10-6-8;1-2/h5-7H,4H2,1-3H3;1-2H3. The van der Waals surface area contributed by atoms with Crippen LogP contribution in [0, 0.1) is 11.3 Å². The highest BCUT2D eigenvalue weighted by Gasteiger charge is 2.26. The van der Waals surface area contributed by atoms with Gasteiger partial charge in [-0.2, -0.15) is 10.2 Å². The molecular weight excluding hydrogens is 148 g/mol. The van der Waals surface area contributed by atoms with E-state index in [1.54, 1.807) is 0 Å². The lowest BCUT2D eigenvalue weighted by Gasteiger charge is -2.28. The van der Waals surface area contributed by atoms with E-state index in [0.29, 0.717) is 5.92 Å². The lowest BCUT2D eigenvalue weighted by atomic mass is 9.77.